The summed E-state index contributed by atoms with van der Waals surface area (Å²) in [4.78, 5) is 15.2. The Hall–Kier alpha value is -3.25. The fourth-order valence-corrected chi connectivity index (χ4v) is 4.59. The van der Waals surface area contributed by atoms with Crippen LogP contribution in [0.2, 0.25) is 0 Å². The van der Waals surface area contributed by atoms with Gasteiger partial charge in [-0.05, 0) is 46.3 Å². The number of benzene rings is 1. The molecule has 2 aliphatic rings. The predicted octanol–water partition coefficient (Wildman–Crippen LogP) is 5.12. The SMILES string of the molecule is C/C=C\C(=C/C)n1cc(C(=O)N2CCC(O)C2)c2c1-c1cc(C=C(C)C)c(OC)cc1OC2. The summed E-state index contributed by atoms with van der Waals surface area (Å²) in [5.74, 6) is 1.41. The molecule has 1 amide bonds. The lowest BCUT2D eigenvalue weighted by molar-refractivity contribution is 0.0762. The van der Waals surface area contributed by atoms with Crippen LogP contribution in [0.25, 0.3) is 23.0 Å². The highest BCUT2D eigenvalue weighted by Crippen LogP contribution is 2.45. The highest BCUT2D eigenvalue weighted by molar-refractivity contribution is 5.99. The van der Waals surface area contributed by atoms with Gasteiger partial charge in [0.05, 0.1) is 24.5 Å². The number of aliphatic hydroxyl groups is 1. The molecular weight excluding hydrogens is 416 g/mol. The zero-order valence-corrected chi connectivity index (χ0v) is 20.0. The second-order valence-electron chi connectivity index (χ2n) is 8.75. The number of nitrogens with zero attached hydrogens (tertiary/aromatic N) is 2. The first kappa shape index (κ1) is 22.9. The molecule has 3 heterocycles. The van der Waals surface area contributed by atoms with Crippen LogP contribution in [-0.4, -0.2) is 46.8 Å². The standard InChI is InChI=1S/C27H32N2O4/c1-6-8-19(7-2)29-15-22(27(31)28-10-9-20(30)14-28)23-16-33-25-13-24(32-5)18(11-17(3)4)12-21(25)26(23)29/h6-8,11-13,15,20,30H,9-10,14,16H2,1-5H3/b8-6-,19-7+. The minimum Gasteiger partial charge on any atom is -0.496 e. The quantitative estimate of drug-likeness (QED) is 0.645. The normalized spacial score (nSPS) is 17.6. The van der Waals surface area contributed by atoms with Gasteiger partial charge in [-0.15, -0.1) is 0 Å². The molecule has 0 aliphatic carbocycles. The van der Waals surface area contributed by atoms with Gasteiger partial charge in [-0.3, -0.25) is 4.79 Å². The number of β-amino-alcohol motifs (C(OH)–C–C–N with tert-alkyl or cyclic N) is 1. The van der Waals surface area contributed by atoms with Gasteiger partial charge in [-0.25, -0.2) is 0 Å². The van der Waals surface area contributed by atoms with Gasteiger partial charge in [0.2, 0.25) is 0 Å². The Bertz CT molecular complexity index is 1170. The van der Waals surface area contributed by atoms with Crippen LogP contribution < -0.4 is 9.47 Å². The smallest absolute Gasteiger partial charge is 0.255 e. The maximum atomic E-state index is 13.5. The molecule has 1 saturated heterocycles. The number of carbonyl (C=O) groups excluding carboxylic acids is 1. The van der Waals surface area contributed by atoms with Crippen molar-refractivity contribution >= 4 is 17.7 Å². The Morgan fingerprint density at radius 2 is 2.06 bits per heavy atom. The van der Waals surface area contributed by atoms with E-state index < -0.39 is 6.10 Å². The summed E-state index contributed by atoms with van der Waals surface area (Å²) in [5, 5.41) is 9.96. The van der Waals surface area contributed by atoms with Gasteiger partial charge < -0.3 is 24.0 Å². The number of fused-ring (bicyclic) bond motifs is 3. The lowest BCUT2D eigenvalue weighted by atomic mass is 9.98. The largest absolute Gasteiger partial charge is 0.496 e. The fourth-order valence-electron chi connectivity index (χ4n) is 4.59. The van der Waals surface area contributed by atoms with Crippen molar-refractivity contribution in [2.45, 2.75) is 46.8 Å². The molecule has 6 heteroatoms. The highest BCUT2D eigenvalue weighted by atomic mass is 16.5. The summed E-state index contributed by atoms with van der Waals surface area (Å²) in [6.07, 6.45) is 10.2. The van der Waals surface area contributed by atoms with Crippen molar-refractivity contribution in [1.29, 1.82) is 0 Å². The summed E-state index contributed by atoms with van der Waals surface area (Å²) < 4.78 is 13.8. The van der Waals surface area contributed by atoms with E-state index in [0.717, 1.165) is 45.2 Å². The monoisotopic (exact) mass is 448 g/mol. The summed E-state index contributed by atoms with van der Waals surface area (Å²) in [6, 6.07) is 4.00. The van der Waals surface area contributed by atoms with Crippen LogP contribution in [0.3, 0.4) is 0 Å². The zero-order chi connectivity index (χ0) is 23.7. The third-order valence-electron chi connectivity index (χ3n) is 6.11. The van der Waals surface area contributed by atoms with Gasteiger partial charge in [-0.2, -0.15) is 0 Å². The van der Waals surface area contributed by atoms with Crippen molar-refractivity contribution in [3.05, 3.63) is 58.8 Å². The molecule has 1 atom stereocenters. The van der Waals surface area contributed by atoms with E-state index in [1.54, 1.807) is 12.0 Å². The Morgan fingerprint density at radius 1 is 1.27 bits per heavy atom. The maximum Gasteiger partial charge on any atom is 0.255 e. The Balaban J connectivity index is 1.94. The van der Waals surface area contributed by atoms with Gasteiger partial charge in [-0.1, -0.05) is 23.8 Å². The molecule has 0 spiro atoms. The third kappa shape index (κ3) is 4.23. The van der Waals surface area contributed by atoms with Crippen molar-refractivity contribution in [3.8, 4) is 22.8 Å². The summed E-state index contributed by atoms with van der Waals surface area (Å²) in [5.41, 5.74) is 6.46. The second kappa shape index (κ2) is 9.32. The van der Waals surface area contributed by atoms with Gasteiger partial charge in [0.15, 0.2) is 0 Å². The van der Waals surface area contributed by atoms with Crippen LogP contribution in [0.4, 0.5) is 0 Å². The molecule has 0 radical (unpaired) electrons. The molecule has 0 saturated carbocycles. The molecule has 1 fully saturated rings. The van der Waals surface area contributed by atoms with Crippen LogP contribution in [-0.2, 0) is 6.61 Å². The van der Waals surface area contributed by atoms with E-state index in [2.05, 4.69) is 30.6 Å². The molecule has 1 unspecified atom stereocenters. The lowest BCUT2D eigenvalue weighted by Crippen LogP contribution is -2.30. The lowest BCUT2D eigenvalue weighted by Gasteiger charge is -2.23. The number of methoxy groups -OCH3 is 1. The Morgan fingerprint density at radius 3 is 2.67 bits per heavy atom. The van der Waals surface area contributed by atoms with Crippen molar-refractivity contribution in [3.63, 3.8) is 0 Å². The molecule has 4 rings (SSSR count). The van der Waals surface area contributed by atoms with E-state index in [0.29, 0.717) is 31.7 Å². The molecule has 0 bridgehead atoms. The number of allylic oxidation sites excluding steroid dienone is 5. The van der Waals surface area contributed by atoms with Crippen molar-refractivity contribution < 1.29 is 19.4 Å². The first-order valence-electron chi connectivity index (χ1n) is 11.4. The topological polar surface area (TPSA) is 63.9 Å². The van der Waals surface area contributed by atoms with Gasteiger partial charge in [0, 0.05) is 47.7 Å². The number of aromatic nitrogens is 1. The van der Waals surface area contributed by atoms with Gasteiger partial charge in [0.25, 0.3) is 5.91 Å². The number of ether oxygens (including phenoxy) is 2. The van der Waals surface area contributed by atoms with Crippen LogP contribution >= 0.6 is 0 Å². The van der Waals surface area contributed by atoms with E-state index in [1.165, 1.54) is 0 Å². The third-order valence-corrected chi connectivity index (χ3v) is 6.11. The van der Waals surface area contributed by atoms with Crippen LogP contribution in [0, 0.1) is 0 Å². The average Bonchev–Trinajstić information content (AvgIpc) is 3.40. The minimum absolute atomic E-state index is 0.0671. The van der Waals surface area contributed by atoms with E-state index in [-0.39, 0.29) is 5.91 Å². The summed E-state index contributed by atoms with van der Waals surface area (Å²) >= 11 is 0. The molecule has 6 nitrogen and oxygen atoms in total. The maximum absolute atomic E-state index is 13.5. The number of aliphatic hydroxyl groups excluding tert-OH is 1. The van der Waals surface area contributed by atoms with Crippen LogP contribution in [0.1, 0.15) is 55.6 Å². The van der Waals surface area contributed by atoms with E-state index >= 15 is 0 Å². The summed E-state index contributed by atoms with van der Waals surface area (Å²) in [7, 11) is 1.66. The predicted molar refractivity (Wildman–Crippen MR) is 131 cm³/mol. The van der Waals surface area contributed by atoms with Crippen LogP contribution in [0.15, 0.2) is 42.1 Å². The van der Waals surface area contributed by atoms with Crippen LogP contribution in [0.5, 0.6) is 11.5 Å². The fraction of sp³-hybridized carbons (Fsp3) is 0.370. The molecule has 174 valence electrons. The summed E-state index contributed by atoms with van der Waals surface area (Å²) in [6.45, 7) is 9.29. The number of carbonyl (C=O) groups is 1. The number of rotatable bonds is 5. The average molecular weight is 449 g/mol. The van der Waals surface area contributed by atoms with Crippen molar-refractivity contribution in [2.75, 3.05) is 20.2 Å². The minimum atomic E-state index is -0.461. The molecule has 33 heavy (non-hydrogen) atoms. The molecule has 1 N–H and O–H groups in total. The van der Waals surface area contributed by atoms with Gasteiger partial charge in [0.1, 0.15) is 18.1 Å². The van der Waals surface area contributed by atoms with Crippen molar-refractivity contribution in [1.82, 2.24) is 9.47 Å². The molecule has 1 aromatic heterocycles. The molecule has 2 aliphatic heterocycles. The van der Waals surface area contributed by atoms with E-state index in [9.17, 15) is 9.90 Å². The zero-order valence-electron chi connectivity index (χ0n) is 20.0. The Labute approximate surface area is 195 Å². The first-order valence-corrected chi connectivity index (χ1v) is 11.4. The number of amides is 1. The Kier molecular flexibility index (Phi) is 6.47. The first-order chi connectivity index (χ1) is 15.9. The number of likely N-dealkylation sites (tertiary alicyclic amines) is 1. The van der Waals surface area contributed by atoms with E-state index in [1.807, 2.05) is 44.3 Å². The molecule has 2 aromatic rings. The van der Waals surface area contributed by atoms with Gasteiger partial charge >= 0.3 is 0 Å². The second-order valence-corrected chi connectivity index (χ2v) is 8.75. The molecular formula is C27H32N2O4. The van der Waals surface area contributed by atoms with E-state index in [4.69, 9.17) is 9.47 Å². The highest BCUT2D eigenvalue weighted by Gasteiger charge is 2.33. The number of hydrogen-bond donors (Lipinski definition) is 1. The number of hydrogen-bond acceptors (Lipinski definition) is 4. The molecule has 1 aromatic carbocycles. The van der Waals surface area contributed by atoms with Crippen molar-refractivity contribution in [2.24, 2.45) is 0 Å².